The van der Waals surface area contributed by atoms with E-state index >= 15 is 0 Å². The van der Waals surface area contributed by atoms with Crippen LogP contribution < -0.4 is 0 Å². The van der Waals surface area contributed by atoms with Crippen LogP contribution in [-0.4, -0.2) is 0 Å². The highest BCUT2D eigenvalue weighted by Gasteiger charge is 2.11. The van der Waals surface area contributed by atoms with Gasteiger partial charge in [0, 0.05) is 0 Å². The number of hydrogen-bond donors (Lipinski definition) is 0. The van der Waals surface area contributed by atoms with Crippen molar-refractivity contribution in [2.75, 3.05) is 0 Å². The summed E-state index contributed by atoms with van der Waals surface area (Å²) in [6, 6.07) is 188. The van der Waals surface area contributed by atoms with Gasteiger partial charge >= 0.3 is 0 Å². The Balaban J connectivity index is 0.000000116. The van der Waals surface area contributed by atoms with Crippen molar-refractivity contribution in [2.45, 2.75) is 69.2 Å². The molecule has 0 radical (unpaired) electrons. The van der Waals surface area contributed by atoms with Gasteiger partial charge in [-0.2, -0.15) is 0 Å². The van der Waals surface area contributed by atoms with Gasteiger partial charge in [-0.05, 0) is 257 Å². The molecule has 0 fully saturated rings. The second kappa shape index (κ2) is 47.6. The Morgan fingerprint density at radius 1 is 0.103 bits per heavy atom. The Kier molecular flexibility index (Phi) is 33.0. The molecule has 0 heteroatoms. The van der Waals surface area contributed by atoms with Gasteiger partial charge in [-0.3, -0.25) is 0 Å². The number of rotatable bonds is 6. The van der Waals surface area contributed by atoms with E-state index < -0.39 is 0 Å². The molecular weight excluding hydrogens is 1630 g/mol. The fourth-order valence-electron chi connectivity index (χ4n) is 17.1. The van der Waals surface area contributed by atoms with E-state index in [0.717, 1.165) is 0 Å². The third-order valence-corrected chi connectivity index (χ3v) is 24.6. The zero-order valence-electron chi connectivity index (χ0n) is 79.8. The lowest BCUT2D eigenvalue weighted by molar-refractivity contribution is 1.46. The fourth-order valence-corrected chi connectivity index (χ4v) is 17.1. The van der Waals surface area contributed by atoms with Crippen molar-refractivity contribution in [2.24, 2.45) is 0 Å². The first kappa shape index (κ1) is 94.3. The molecule has 0 heterocycles. The summed E-state index contributed by atoms with van der Waals surface area (Å²) in [6.07, 6.45) is 0. The van der Waals surface area contributed by atoms with E-state index in [2.05, 4.69) is 567 Å². The molecule has 0 bridgehead atoms. The maximum Gasteiger partial charge on any atom is -0.00241 e. The number of benzene rings is 24. The molecule has 0 nitrogen and oxygen atoms in total. The van der Waals surface area contributed by atoms with E-state index in [1.54, 1.807) is 0 Å². The summed E-state index contributed by atoms with van der Waals surface area (Å²) >= 11 is 0. The molecule has 0 aliphatic heterocycles. The van der Waals surface area contributed by atoms with Gasteiger partial charge in [0.05, 0.1) is 0 Å². The van der Waals surface area contributed by atoms with E-state index in [4.69, 9.17) is 0 Å². The number of fused-ring (bicyclic) bond motifs is 5. The van der Waals surface area contributed by atoms with Gasteiger partial charge in [0.2, 0.25) is 0 Å². The second-order valence-corrected chi connectivity index (χ2v) is 34.9. The Bertz CT molecular complexity index is 7800. The van der Waals surface area contributed by atoms with Crippen LogP contribution in [0, 0.1) is 69.2 Å². The summed E-state index contributed by atoms with van der Waals surface area (Å²) in [5, 5.41) is 21.4. The van der Waals surface area contributed by atoms with Gasteiger partial charge in [-0.1, -0.05) is 555 Å². The van der Waals surface area contributed by atoms with E-state index in [-0.39, 0.29) is 0 Å². The fraction of sp³-hybridized carbons (Fsp3) is 0.0735. The SMILES string of the molecule is Cc1ccc(-c2ccc3ccccc3c2)cc1.Cc1ccc(-c2ccccc2)c2ccccc12.Cc1ccc(-c2ccccc2)cc1.Cc1ccc2ccc3cccc4ccc1c2c34.Cc1ccc2ccccc2c1.Cc1ccc2ccccc2c1.Cc1cccc(-c2ccccc2)c1.Cc1ccccc1.Cc1ccccc1-c1ccc2ccccc2c1.Cc1ccccc1-c1ccccc1. The maximum atomic E-state index is 2.26. The third-order valence-electron chi connectivity index (χ3n) is 24.6. The van der Waals surface area contributed by atoms with Crippen molar-refractivity contribution in [1.82, 2.24) is 0 Å². The summed E-state index contributed by atoms with van der Waals surface area (Å²) in [5.41, 5.74) is 28.7. The molecule has 0 amide bonds. The van der Waals surface area contributed by atoms with Crippen molar-refractivity contribution >= 4 is 86.2 Å². The van der Waals surface area contributed by atoms with Gasteiger partial charge in [-0.25, -0.2) is 0 Å². The van der Waals surface area contributed by atoms with Crippen LogP contribution >= 0.6 is 0 Å². The Hall–Kier alpha value is -16.4. The first-order valence-electron chi connectivity index (χ1n) is 47.1. The topological polar surface area (TPSA) is 0 Å². The van der Waals surface area contributed by atoms with Crippen LogP contribution in [0.4, 0.5) is 0 Å². The van der Waals surface area contributed by atoms with Gasteiger partial charge < -0.3 is 0 Å². The van der Waals surface area contributed by atoms with Crippen molar-refractivity contribution in [3.05, 3.63) is 589 Å². The van der Waals surface area contributed by atoms with Gasteiger partial charge in [-0.15, -0.1) is 0 Å². The predicted molar refractivity (Wildman–Crippen MR) is 596 cm³/mol. The molecule has 0 saturated carbocycles. The summed E-state index contributed by atoms with van der Waals surface area (Å²) in [5.74, 6) is 0. The normalized spacial score (nSPS) is 10.4. The van der Waals surface area contributed by atoms with E-state index in [9.17, 15) is 0 Å². The third kappa shape index (κ3) is 25.9. The zero-order chi connectivity index (χ0) is 94.2. The smallest absolute Gasteiger partial charge is 0.00241 e. The highest BCUT2D eigenvalue weighted by molar-refractivity contribution is 6.23. The molecule has 0 atom stereocenters. The van der Waals surface area contributed by atoms with Gasteiger partial charge in [0.25, 0.3) is 0 Å². The van der Waals surface area contributed by atoms with Crippen LogP contribution in [0.2, 0.25) is 0 Å². The quantitative estimate of drug-likeness (QED) is 0.146. The largest absolute Gasteiger partial charge is 0.0622 e. The van der Waals surface area contributed by atoms with Gasteiger partial charge in [0.15, 0.2) is 0 Å². The maximum absolute atomic E-state index is 2.26. The molecule has 662 valence electrons. The summed E-state index contributed by atoms with van der Waals surface area (Å²) in [7, 11) is 0. The molecule has 0 N–H and O–H groups in total. The predicted octanol–water partition coefficient (Wildman–Crippen LogP) is 38.6. The zero-order valence-corrected chi connectivity index (χ0v) is 79.8. The van der Waals surface area contributed by atoms with E-state index in [1.807, 2.05) is 36.4 Å². The monoisotopic (exact) mass is 1750 g/mol. The Labute approximate surface area is 805 Å². The number of hydrogen-bond acceptors (Lipinski definition) is 0. The molecule has 0 aromatic heterocycles. The molecule has 24 aromatic rings. The highest BCUT2D eigenvalue weighted by atomic mass is 14.2. The van der Waals surface area contributed by atoms with Crippen LogP contribution in [0.1, 0.15) is 55.6 Å². The van der Waals surface area contributed by atoms with Crippen LogP contribution in [-0.2, 0) is 0 Å². The van der Waals surface area contributed by atoms with Gasteiger partial charge in [0.1, 0.15) is 0 Å². The van der Waals surface area contributed by atoms with Crippen LogP contribution in [0.5, 0.6) is 0 Å². The van der Waals surface area contributed by atoms with Crippen LogP contribution in [0.3, 0.4) is 0 Å². The molecule has 24 aromatic carbocycles. The van der Waals surface area contributed by atoms with Crippen LogP contribution in [0.25, 0.3) is 153 Å². The molecule has 0 aliphatic rings. The lowest BCUT2D eigenvalue weighted by atomic mass is 9.92. The molecule has 136 heavy (non-hydrogen) atoms. The number of aryl methyl sites for hydroxylation is 10. The van der Waals surface area contributed by atoms with Crippen molar-refractivity contribution in [3.63, 3.8) is 0 Å². The molecular formula is C136H118. The standard InChI is InChI=1S/C17H12.3C17H14.3C13H12.2C11H10.C7H8/c1-11-5-6-14-8-7-12-3-2-4-13-9-10-15(11)17(14)16(12)13;1-13-6-2-5-9-17(13)16-11-10-14-7-3-4-8-15(14)12-16;1-13-11-12-16(14-7-3-2-4-8-14)17-10-6-5-9-15(13)17;1-13-6-8-15(9-7-13)17-11-10-14-4-2-3-5-16(14)12-17;1-11-7-5-6-10-13(11)12-8-3-2-4-9-12;1-11-6-5-9-13(10-11)12-7-3-2-4-8-12;1-11-7-9-13(10-8-11)12-5-3-2-4-6-12;2*1-9-6-7-10-4-2-3-5-11(10)8-9;1-7-5-3-2-4-6-7/h2-10H,1H3;3*2-12H,1H3;3*2-10H,1H3;2*2-8H,1H3;2-6H,1H3. The van der Waals surface area contributed by atoms with E-state index in [0.29, 0.717) is 0 Å². The molecule has 0 aliphatic carbocycles. The first-order valence-corrected chi connectivity index (χ1v) is 47.1. The molecule has 0 spiro atoms. The summed E-state index contributed by atoms with van der Waals surface area (Å²) in [6.45, 7) is 21.3. The molecule has 0 saturated heterocycles. The van der Waals surface area contributed by atoms with E-state index in [1.165, 1.54) is 209 Å². The lowest BCUT2D eigenvalue weighted by Gasteiger charge is -2.11. The lowest BCUT2D eigenvalue weighted by Crippen LogP contribution is -1.85. The van der Waals surface area contributed by atoms with Crippen molar-refractivity contribution < 1.29 is 0 Å². The minimum atomic E-state index is 1.28. The van der Waals surface area contributed by atoms with Crippen LogP contribution in [0.15, 0.2) is 534 Å². The van der Waals surface area contributed by atoms with Crippen molar-refractivity contribution in [3.8, 4) is 66.8 Å². The Morgan fingerprint density at radius 3 is 0.838 bits per heavy atom. The minimum absolute atomic E-state index is 1.28. The highest BCUT2D eigenvalue weighted by Crippen LogP contribution is 2.37. The molecule has 0 unspecified atom stereocenters. The van der Waals surface area contributed by atoms with Crippen molar-refractivity contribution in [1.29, 1.82) is 0 Å². The summed E-state index contributed by atoms with van der Waals surface area (Å²) in [4.78, 5) is 0. The minimum Gasteiger partial charge on any atom is -0.0622 e. The average Bonchev–Trinajstić information content (AvgIpc) is 0.740. The first-order chi connectivity index (χ1) is 66.6. The summed E-state index contributed by atoms with van der Waals surface area (Å²) < 4.78 is 0. The second-order valence-electron chi connectivity index (χ2n) is 34.9. The Morgan fingerprint density at radius 2 is 0.368 bits per heavy atom. The molecule has 24 rings (SSSR count). The average molecular weight is 1750 g/mol.